The third kappa shape index (κ3) is 1.86. The third-order valence-electron chi connectivity index (χ3n) is 2.41. The third-order valence-corrected chi connectivity index (χ3v) is 3.23. The summed E-state index contributed by atoms with van der Waals surface area (Å²) in [6.07, 6.45) is 1.67. The van der Waals surface area contributed by atoms with E-state index in [9.17, 15) is 0 Å². The molecule has 0 aliphatic rings. The highest BCUT2D eigenvalue weighted by Crippen LogP contribution is 2.37. The minimum Gasteiger partial charge on any atom is -0.383 e. The molecule has 2 rings (SSSR count). The highest BCUT2D eigenvalue weighted by atomic mass is 35.5. The number of anilines is 1. The van der Waals surface area contributed by atoms with Crippen molar-refractivity contribution in [2.45, 2.75) is 6.92 Å². The number of nitrogens with zero attached hydrogens (tertiary/aromatic N) is 1. The Morgan fingerprint density at radius 1 is 1.19 bits per heavy atom. The highest BCUT2D eigenvalue weighted by Gasteiger charge is 2.12. The van der Waals surface area contributed by atoms with E-state index in [1.54, 1.807) is 12.3 Å². The molecule has 0 aliphatic carbocycles. The first kappa shape index (κ1) is 11.2. The fraction of sp³-hybridized carbons (Fsp3) is 0.0833. The molecule has 0 bridgehead atoms. The van der Waals surface area contributed by atoms with Gasteiger partial charge in [0.15, 0.2) is 0 Å². The first-order chi connectivity index (χ1) is 7.61. The fourth-order valence-corrected chi connectivity index (χ4v) is 2.02. The number of pyridine rings is 1. The molecule has 2 aromatic rings. The molecule has 0 aliphatic heterocycles. The van der Waals surface area contributed by atoms with Crippen LogP contribution in [0.2, 0.25) is 10.0 Å². The number of aromatic nitrogens is 1. The van der Waals surface area contributed by atoms with Crippen LogP contribution >= 0.6 is 23.2 Å². The molecule has 0 unspecified atom stereocenters. The van der Waals surface area contributed by atoms with E-state index in [2.05, 4.69) is 4.98 Å². The van der Waals surface area contributed by atoms with E-state index < -0.39 is 0 Å². The number of benzene rings is 1. The molecule has 0 amide bonds. The van der Waals surface area contributed by atoms with Crippen LogP contribution in [0.5, 0.6) is 0 Å². The maximum atomic E-state index is 6.16. The maximum absolute atomic E-state index is 6.16. The number of halogens is 2. The van der Waals surface area contributed by atoms with Crippen molar-refractivity contribution >= 4 is 29.0 Å². The Balaban J connectivity index is 2.73. The van der Waals surface area contributed by atoms with Crippen molar-refractivity contribution in [1.29, 1.82) is 0 Å². The van der Waals surface area contributed by atoms with Crippen molar-refractivity contribution in [3.8, 4) is 11.1 Å². The predicted octanol–water partition coefficient (Wildman–Crippen LogP) is 3.95. The lowest BCUT2D eigenvalue weighted by molar-refractivity contribution is 1.29. The van der Waals surface area contributed by atoms with Gasteiger partial charge in [0, 0.05) is 17.3 Å². The second-order valence-corrected chi connectivity index (χ2v) is 4.27. The predicted molar refractivity (Wildman–Crippen MR) is 68.8 cm³/mol. The lowest BCUT2D eigenvalue weighted by Crippen LogP contribution is -1.96. The van der Waals surface area contributed by atoms with Crippen molar-refractivity contribution < 1.29 is 0 Å². The van der Waals surface area contributed by atoms with E-state index in [0.717, 1.165) is 16.7 Å². The Kier molecular flexibility index (Phi) is 3.03. The summed E-state index contributed by atoms with van der Waals surface area (Å²) in [6.45, 7) is 1.96. The zero-order valence-corrected chi connectivity index (χ0v) is 10.2. The smallest absolute Gasteiger partial charge is 0.131 e. The summed E-state index contributed by atoms with van der Waals surface area (Å²) >= 11 is 12.1. The molecule has 0 saturated carbocycles. The Morgan fingerprint density at radius 3 is 2.62 bits per heavy atom. The van der Waals surface area contributed by atoms with Crippen molar-refractivity contribution in [2.75, 3.05) is 5.73 Å². The first-order valence-electron chi connectivity index (χ1n) is 4.76. The van der Waals surface area contributed by atoms with Crippen LogP contribution in [0, 0.1) is 6.92 Å². The summed E-state index contributed by atoms with van der Waals surface area (Å²) in [7, 11) is 0. The SMILES string of the molecule is Cc1ccnc(N)c1-c1cccc(Cl)c1Cl. The summed E-state index contributed by atoms with van der Waals surface area (Å²) in [5.41, 5.74) is 8.54. The molecule has 1 aromatic heterocycles. The largest absolute Gasteiger partial charge is 0.383 e. The summed E-state index contributed by atoms with van der Waals surface area (Å²) in [5, 5.41) is 1.02. The van der Waals surface area contributed by atoms with Crippen LogP contribution in [-0.4, -0.2) is 4.98 Å². The molecule has 0 atom stereocenters. The quantitative estimate of drug-likeness (QED) is 0.835. The average Bonchev–Trinajstić information content (AvgIpc) is 2.24. The molecular formula is C12H10Cl2N2. The molecule has 2 N–H and O–H groups in total. The lowest BCUT2D eigenvalue weighted by atomic mass is 10.0. The van der Waals surface area contributed by atoms with E-state index >= 15 is 0 Å². The van der Waals surface area contributed by atoms with E-state index in [-0.39, 0.29) is 0 Å². The van der Waals surface area contributed by atoms with E-state index in [0.29, 0.717) is 15.9 Å². The van der Waals surface area contributed by atoms with Crippen LogP contribution in [0.25, 0.3) is 11.1 Å². The van der Waals surface area contributed by atoms with Gasteiger partial charge in [0.2, 0.25) is 0 Å². The van der Waals surface area contributed by atoms with Gasteiger partial charge >= 0.3 is 0 Å². The van der Waals surface area contributed by atoms with E-state index in [1.165, 1.54) is 0 Å². The van der Waals surface area contributed by atoms with Gasteiger partial charge < -0.3 is 5.73 Å². The fourth-order valence-electron chi connectivity index (χ4n) is 1.63. The summed E-state index contributed by atoms with van der Waals surface area (Å²) in [5.74, 6) is 0.462. The van der Waals surface area contributed by atoms with Gasteiger partial charge in [0.05, 0.1) is 10.0 Å². The summed E-state index contributed by atoms with van der Waals surface area (Å²) in [6, 6.07) is 7.36. The molecule has 1 aromatic carbocycles. The van der Waals surface area contributed by atoms with Crippen LogP contribution in [0.4, 0.5) is 5.82 Å². The second kappa shape index (κ2) is 4.32. The number of rotatable bonds is 1. The van der Waals surface area contributed by atoms with E-state index in [1.807, 2.05) is 25.1 Å². The van der Waals surface area contributed by atoms with Crippen molar-refractivity contribution in [3.05, 3.63) is 46.1 Å². The van der Waals surface area contributed by atoms with Crippen LogP contribution in [0.3, 0.4) is 0 Å². The molecule has 4 heteroatoms. The standard InChI is InChI=1S/C12H10Cl2N2/c1-7-5-6-16-12(15)10(7)8-3-2-4-9(13)11(8)14/h2-6H,1H3,(H2,15,16). The van der Waals surface area contributed by atoms with E-state index in [4.69, 9.17) is 28.9 Å². The van der Waals surface area contributed by atoms with Crippen LogP contribution in [0.15, 0.2) is 30.5 Å². The molecule has 0 radical (unpaired) electrons. The Bertz CT molecular complexity index is 518. The average molecular weight is 253 g/mol. The van der Waals surface area contributed by atoms with Crippen molar-refractivity contribution in [2.24, 2.45) is 0 Å². The topological polar surface area (TPSA) is 38.9 Å². The Morgan fingerprint density at radius 2 is 1.94 bits per heavy atom. The van der Waals surface area contributed by atoms with Crippen molar-refractivity contribution in [1.82, 2.24) is 4.98 Å². The molecule has 0 saturated heterocycles. The first-order valence-corrected chi connectivity index (χ1v) is 5.52. The number of hydrogen-bond donors (Lipinski definition) is 1. The molecule has 1 heterocycles. The number of nitrogen functional groups attached to an aromatic ring is 1. The van der Waals surface area contributed by atoms with Crippen LogP contribution in [0.1, 0.15) is 5.56 Å². The van der Waals surface area contributed by atoms with Crippen molar-refractivity contribution in [3.63, 3.8) is 0 Å². The summed E-state index contributed by atoms with van der Waals surface area (Å²) in [4.78, 5) is 4.06. The second-order valence-electron chi connectivity index (χ2n) is 3.49. The van der Waals surface area contributed by atoms with Gasteiger partial charge in [-0.15, -0.1) is 0 Å². The number of nitrogens with two attached hydrogens (primary N) is 1. The molecule has 16 heavy (non-hydrogen) atoms. The maximum Gasteiger partial charge on any atom is 0.131 e. The highest BCUT2D eigenvalue weighted by molar-refractivity contribution is 6.43. The molecule has 0 spiro atoms. The van der Waals surface area contributed by atoms with Gasteiger partial charge in [0.25, 0.3) is 0 Å². The molecule has 82 valence electrons. The molecule has 2 nitrogen and oxygen atoms in total. The number of aryl methyl sites for hydroxylation is 1. The van der Waals surface area contributed by atoms with Gasteiger partial charge in [-0.25, -0.2) is 4.98 Å². The zero-order chi connectivity index (χ0) is 11.7. The van der Waals surface area contributed by atoms with Gasteiger partial charge in [0.1, 0.15) is 5.82 Å². The Hall–Kier alpha value is -1.25. The summed E-state index contributed by atoms with van der Waals surface area (Å²) < 4.78 is 0. The minimum absolute atomic E-state index is 0.462. The lowest BCUT2D eigenvalue weighted by Gasteiger charge is -2.10. The Labute approximate surface area is 104 Å². The van der Waals surface area contributed by atoms with Gasteiger partial charge in [-0.05, 0) is 24.6 Å². The zero-order valence-electron chi connectivity index (χ0n) is 8.67. The van der Waals surface area contributed by atoms with Crippen LogP contribution in [-0.2, 0) is 0 Å². The monoisotopic (exact) mass is 252 g/mol. The molecular weight excluding hydrogens is 243 g/mol. The van der Waals surface area contributed by atoms with Gasteiger partial charge in [-0.2, -0.15) is 0 Å². The minimum atomic E-state index is 0.462. The molecule has 0 fully saturated rings. The van der Waals surface area contributed by atoms with Crippen LogP contribution < -0.4 is 5.73 Å². The number of hydrogen-bond acceptors (Lipinski definition) is 2. The normalized spacial score (nSPS) is 10.4. The van der Waals surface area contributed by atoms with Gasteiger partial charge in [-0.1, -0.05) is 35.3 Å². The van der Waals surface area contributed by atoms with Gasteiger partial charge in [-0.3, -0.25) is 0 Å².